The van der Waals surface area contributed by atoms with Gasteiger partial charge in [-0.3, -0.25) is 0 Å². The molecule has 0 heterocycles. The largest absolute Gasteiger partial charge is 0.327 e. The lowest BCUT2D eigenvalue weighted by atomic mass is 9.78. The molecule has 0 saturated carbocycles. The van der Waals surface area contributed by atoms with Gasteiger partial charge in [0.05, 0.1) is 0 Å². The maximum absolute atomic E-state index is 6.08. The Kier molecular flexibility index (Phi) is 2.56. The molecule has 0 saturated heterocycles. The van der Waals surface area contributed by atoms with Crippen LogP contribution in [-0.2, 0) is 6.42 Å². The predicted molar refractivity (Wildman–Crippen MR) is 58.9 cm³/mol. The molecule has 0 fully saturated rings. The minimum atomic E-state index is 0.237. The van der Waals surface area contributed by atoms with Crippen LogP contribution in [0.5, 0.6) is 0 Å². The molecule has 1 heteroatoms. The summed E-state index contributed by atoms with van der Waals surface area (Å²) in [5.74, 6) is 3.09. The molecule has 0 radical (unpaired) electrons. The molecule has 0 aromatic heterocycles. The minimum Gasteiger partial charge on any atom is -0.327 e. The molecule has 1 aliphatic carbocycles. The van der Waals surface area contributed by atoms with Gasteiger partial charge in [0.1, 0.15) is 0 Å². The van der Waals surface area contributed by atoms with Crippen molar-refractivity contribution in [2.24, 2.45) is 5.73 Å². The van der Waals surface area contributed by atoms with Crippen LogP contribution in [-0.4, -0.2) is 6.04 Å². The SMILES string of the molecule is C#CCC1c2ccccc2CCC1N. The van der Waals surface area contributed by atoms with Crippen LogP contribution in [0.4, 0.5) is 0 Å². The first-order valence-corrected chi connectivity index (χ1v) is 5.09. The van der Waals surface area contributed by atoms with E-state index in [0.717, 1.165) is 19.3 Å². The maximum atomic E-state index is 6.08. The third-order valence-electron chi connectivity index (χ3n) is 3.06. The minimum absolute atomic E-state index is 0.237. The van der Waals surface area contributed by atoms with Crippen LogP contribution in [0.3, 0.4) is 0 Å². The first kappa shape index (κ1) is 9.30. The zero-order valence-electron chi connectivity index (χ0n) is 8.24. The van der Waals surface area contributed by atoms with E-state index in [-0.39, 0.29) is 6.04 Å². The van der Waals surface area contributed by atoms with Gasteiger partial charge in [0.25, 0.3) is 0 Å². The molecule has 1 nitrogen and oxygen atoms in total. The molecule has 72 valence electrons. The summed E-state index contributed by atoms with van der Waals surface area (Å²) in [6.45, 7) is 0. The van der Waals surface area contributed by atoms with Gasteiger partial charge in [-0.25, -0.2) is 0 Å². The van der Waals surface area contributed by atoms with Crippen molar-refractivity contribution < 1.29 is 0 Å². The fourth-order valence-electron chi connectivity index (χ4n) is 2.27. The van der Waals surface area contributed by atoms with Crippen LogP contribution >= 0.6 is 0 Å². The van der Waals surface area contributed by atoms with Crippen LogP contribution in [0.25, 0.3) is 0 Å². The summed E-state index contributed by atoms with van der Waals surface area (Å²) in [6.07, 6.45) is 8.29. The van der Waals surface area contributed by atoms with Crippen molar-refractivity contribution >= 4 is 0 Å². The number of hydrogen-bond donors (Lipinski definition) is 1. The first-order valence-electron chi connectivity index (χ1n) is 5.09. The van der Waals surface area contributed by atoms with Crippen molar-refractivity contribution in [1.82, 2.24) is 0 Å². The number of terminal acetylenes is 1. The Bertz CT molecular complexity index is 362. The number of fused-ring (bicyclic) bond motifs is 1. The number of benzene rings is 1. The summed E-state index contributed by atoms with van der Waals surface area (Å²) in [6, 6.07) is 8.74. The maximum Gasteiger partial charge on any atom is 0.0170 e. The molecule has 0 aliphatic heterocycles. The molecule has 0 bridgehead atoms. The summed E-state index contributed by atoms with van der Waals surface area (Å²) in [4.78, 5) is 0. The van der Waals surface area contributed by atoms with Crippen LogP contribution in [0, 0.1) is 12.3 Å². The molecule has 0 amide bonds. The molecule has 1 aromatic carbocycles. The molecule has 2 unspecified atom stereocenters. The molecule has 2 atom stereocenters. The van der Waals surface area contributed by atoms with Crippen molar-refractivity contribution in [3.8, 4) is 12.3 Å². The summed E-state index contributed by atoms with van der Waals surface area (Å²) >= 11 is 0. The van der Waals surface area contributed by atoms with Crippen LogP contribution < -0.4 is 5.73 Å². The van der Waals surface area contributed by atoms with Gasteiger partial charge >= 0.3 is 0 Å². The fraction of sp³-hybridized carbons (Fsp3) is 0.385. The van der Waals surface area contributed by atoms with Crippen molar-refractivity contribution in [2.75, 3.05) is 0 Å². The van der Waals surface area contributed by atoms with Crippen molar-refractivity contribution in [2.45, 2.75) is 31.2 Å². The Hall–Kier alpha value is -1.26. The van der Waals surface area contributed by atoms with E-state index in [1.807, 2.05) is 0 Å². The molecular formula is C13H15N. The fourth-order valence-corrected chi connectivity index (χ4v) is 2.27. The number of hydrogen-bond acceptors (Lipinski definition) is 1. The van der Waals surface area contributed by atoms with Gasteiger partial charge in [0.2, 0.25) is 0 Å². The standard InChI is InChI=1S/C13H15N/c1-2-5-12-11-7-4-3-6-10(11)8-9-13(12)14/h1,3-4,6-7,12-13H,5,8-9,14H2. The van der Waals surface area contributed by atoms with E-state index in [4.69, 9.17) is 12.2 Å². The molecule has 2 N–H and O–H groups in total. The molecule has 0 spiro atoms. The highest BCUT2D eigenvalue weighted by Crippen LogP contribution is 2.32. The first-order chi connectivity index (χ1) is 6.83. The summed E-state index contributed by atoms with van der Waals surface area (Å²) in [7, 11) is 0. The topological polar surface area (TPSA) is 26.0 Å². The molecule has 1 aromatic rings. The van der Waals surface area contributed by atoms with Crippen LogP contribution in [0.1, 0.15) is 29.9 Å². The van der Waals surface area contributed by atoms with Crippen LogP contribution in [0.15, 0.2) is 24.3 Å². The van der Waals surface area contributed by atoms with Gasteiger partial charge < -0.3 is 5.73 Å². The molecule has 1 aliphatic rings. The van der Waals surface area contributed by atoms with E-state index >= 15 is 0 Å². The van der Waals surface area contributed by atoms with E-state index in [1.165, 1.54) is 11.1 Å². The van der Waals surface area contributed by atoms with Gasteiger partial charge in [0, 0.05) is 18.4 Å². The second-order valence-corrected chi connectivity index (χ2v) is 3.92. The Morgan fingerprint density at radius 1 is 1.43 bits per heavy atom. The third-order valence-corrected chi connectivity index (χ3v) is 3.06. The Labute approximate surface area is 85.3 Å². The highest BCUT2D eigenvalue weighted by molar-refractivity contribution is 5.35. The summed E-state index contributed by atoms with van der Waals surface area (Å²) < 4.78 is 0. The van der Waals surface area contributed by atoms with Crippen molar-refractivity contribution in [1.29, 1.82) is 0 Å². The van der Waals surface area contributed by atoms with Crippen molar-refractivity contribution in [3.63, 3.8) is 0 Å². The van der Waals surface area contributed by atoms with E-state index in [9.17, 15) is 0 Å². The number of rotatable bonds is 1. The van der Waals surface area contributed by atoms with E-state index < -0.39 is 0 Å². The zero-order chi connectivity index (χ0) is 9.97. The van der Waals surface area contributed by atoms with Gasteiger partial charge in [-0.05, 0) is 24.0 Å². The third kappa shape index (κ3) is 1.54. The summed E-state index contributed by atoms with van der Waals surface area (Å²) in [5.41, 5.74) is 8.87. The van der Waals surface area contributed by atoms with Gasteiger partial charge in [-0.1, -0.05) is 24.3 Å². The second kappa shape index (κ2) is 3.86. The summed E-state index contributed by atoms with van der Waals surface area (Å²) in [5, 5.41) is 0. The molecular weight excluding hydrogens is 170 g/mol. The monoisotopic (exact) mass is 185 g/mol. The zero-order valence-corrected chi connectivity index (χ0v) is 8.24. The Morgan fingerprint density at radius 2 is 2.21 bits per heavy atom. The van der Waals surface area contributed by atoms with E-state index in [0.29, 0.717) is 5.92 Å². The predicted octanol–water partition coefficient (Wildman–Crippen LogP) is 2.07. The Morgan fingerprint density at radius 3 is 3.00 bits per heavy atom. The smallest absolute Gasteiger partial charge is 0.0170 e. The molecule has 2 rings (SSSR count). The van der Waals surface area contributed by atoms with Crippen molar-refractivity contribution in [3.05, 3.63) is 35.4 Å². The normalized spacial score (nSPS) is 25.1. The second-order valence-electron chi connectivity index (χ2n) is 3.92. The average Bonchev–Trinajstić information content (AvgIpc) is 2.23. The lowest BCUT2D eigenvalue weighted by Gasteiger charge is -2.29. The van der Waals surface area contributed by atoms with E-state index in [1.54, 1.807) is 0 Å². The number of nitrogens with two attached hydrogens (primary N) is 1. The van der Waals surface area contributed by atoms with E-state index in [2.05, 4.69) is 30.2 Å². The van der Waals surface area contributed by atoms with Crippen LogP contribution in [0.2, 0.25) is 0 Å². The Balaban J connectivity index is 2.37. The molecule has 14 heavy (non-hydrogen) atoms. The highest BCUT2D eigenvalue weighted by Gasteiger charge is 2.25. The lowest BCUT2D eigenvalue weighted by Crippen LogP contribution is -2.32. The quantitative estimate of drug-likeness (QED) is 0.666. The average molecular weight is 185 g/mol. The lowest BCUT2D eigenvalue weighted by molar-refractivity contribution is 0.477. The number of aryl methyl sites for hydroxylation is 1. The van der Waals surface area contributed by atoms with Gasteiger partial charge in [0.15, 0.2) is 0 Å². The van der Waals surface area contributed by atoms with Gasteiger partial charge in [-0.2, -0.15) is 0 Å². The highest BCUT2D eigenvalue weighted by atomic mass is 14.7. The van der Waals surface area contributed by atoms with Gasteiger partial charge in [-0.15, -0.1) is 12.3 Å².